The summed E-state index contributed by atoms with van der Waals surface area (Å²) in [6.45, 7) is 11.7. The topological polar surface area (TPSA) is 20.3 Å². The summed E-state index contributed by atoms with van der Waals surface area (Å²) in [5.41, 5.74) is -0.231. The molecule has 0 radical (unpaired) electrons. The van der Waals surface area contributed by atoms with Gasteiger partial charge in [0.25, 0.3) is 0 Å². The lowest BCUT2D eigenvalue weighted by Crippen LogP contribution is -2.39. The molecule has 0 aromatic carbocycles. The lowest BCUT2D eigenvalue weighted by atomic mass is 9.94. The largest absolute Gasteiger partial charge is 0.343 e. The van der Waals surface area contributed by atoms with Gasteiger partial charge >= 0.3 is 0 Å². The van der Waals surface area contributed by atoms with Crippen molar-refractivity contribution in [3.63, 3.8) is 0 Å². The molecule has 0 unspecified atom stereocenters. The number of hydrogen-bond acceptors (Lipinski definition) is 1. The predicted octanol–water partition coefficient (Wildman–Crippen LogP) is 2.29. The first kappa shape index (κ1) is 11.5. The maximum atomic E-state index is 11.7. The smallest absolute Gasteiger partial charge is 0.227 e. The Morgan fingerprint density at radius 3 is 2.00 bits per heavy atom. The Morgan fingerprint density at radius 1 is 1.25 bits per heavy atom. The predicted molar refractivity (Wildman–Crippen MR) is 52.0 cm³/mol. The Labute approximate surface area is 75.9 Å². The Kier molecular flexibility index (Phi) is 4.29. The van der Waals surface area contributed by atoms with Crippen molar-refractivity contribution >= 4 is 5.91 Å². The highest BCUT2D eigenvalue weighted by Gasteiger charge is 2.25. The SMILES string of the molecule is CCCN(CC)C(=O)C(C)(C)C. The van der Waals surface area contributed by atoms with Crippen LogP contribution in [0.3, 0.4) is 0 Å². The highest BCUT2D eigenvalue weighted by atomic mass is 16.2. The molecule has 0 saturated carbocycles. The van der Waals surface area contributed by atoms with Crippen molar-refractivity contribution in [3.05, 3.63) is 0 Å². The molecule has 0 bridgehead atoms. The highest BCUT2D eigenvalue weighted by molar-refractivity contribution is 5.81. The molecular formula is C10H21NO. The number of hydrogen-bond donors (Lipinski definition) is 0. The molecular weight excluding hydrogens is 150 g/mol. The van der Waals surface area contributed by atoms with E-state index < -0.39 is 0 Å². The van der Waals surface area contributed by atoms with E-state index in [0.717, 1.165) is 19.5 Å². The zero-order chi connectivity index (χ0) is 9.78. The molecule has 0 aliphatic rings. The van der Waals surface area contributed by atoms with Crippen LogP contribution in [0.4, 0.5) is 0 Å². The van der Waals surface area contributed by atoms with E-state index in [-0.39, 0.29) is 11.3 Å². The molecule has 0 rings (SSSR count). The van der Waals surface area contributed by atoms with Gasteiger partial charge in [0.15, 0.2) is 0 Å². The number of amides is 1. The van der Waals surface area contributed by atoms with Crippen molar-refractivity contribution in [2.24, 2.45) is 5.41 Å². The summed E-state index contributed by atoms with van der Waals surface area (Å²) in [4.78, 5) is 13.6. The monoisotopic (exact) mass is 171 g/mol. The standard InChI is InChI=1S/C10H21NO/c1-6-8-11(7-2)9(12)10(3,4)5/h6-8H2,1-5H3. The second-order valence-electron chi connectivity index (χ2n) is 4.13. The molecule has 0 saturated heterocycles. The number of carbonyl (C=O) groups excluding carboxylic acids is 1. The number of rotatable bonds is 3. The minimum atomic E-state index is -0.231. The van der Waals surface area contributed by atoms with Crippen LogP contribution in [0.25, 0.3) is 0 Å². The normalized spacial score (nSPS) is 11.4. The Balaban J connectivity index is 4.22. The van der Waals surface area contributed by atoms with Crippen molar-refractivity contribution in [3.8, 4) is 0 Å². The first-order chi connectivity index (χ1) is 5.43. The molecule has 0 aliphatic heterocycles. The van der Waals surface area contributed by atoms with Crippen molar-refractivity contribution < 1.29 is 4.79 Å². The van der Waals surface area contributed by atoms with E-state index in [1.807, 2.05) is 32.6 Å². The van der Waals surface area contributed by atoms with Gasteiger partial charge in [-0.25, -0.2) is 0 Å². The molecule has 1 amide bonds. The van der Waals surface area contributed by atoms with Crippen LogP contribution in [0.5, 0.6) is 0 Å². The molecule has 0 aliphatic carbocycles. The van der Waals surface area contributed by atoms with Crippen LogP contribution in [-0.2, 0) is 4.79 Å². The van der Waals surface area contributed by atoms with Crippen molar-refractivity contribution in [1.29, 1.82) is 0 Å². The van der Waals surface area contributed by atoms with Crippen LogP contribution in [0.2, 0.25) is 0 Å². The Morgan fingerprint density at radius 2 is 1.75 bits per heavy atom. The van der Waals surface area contributed by atoms with Gasteiger partial charge < -0.3 is 4.90 Å². The minimum Gasteiger partial charge on any atom is -0.343 e. The van der Waals surface area contributed by atoms with Crippen molar-refractivity contribution in [2.75, 3.05) is 13.1 Å². The Hall–Kier alpha value is -0.530. The molecule has 72 valence electrons. The average Bonchev–Trinajstić information content (AvgIpc) is 1.97. The molecule has 0 aromatic heterocycles. The maximum Gasteiger partial charge on any atom is 0.227 e. The van der Waals surface area contributed by atoms with Gasteiger partial charge in [-0.2, -0.15) is 0 Å². The summed E-state index contributed by atoms with van der Waals surface area (Å²) in [6, 6.07) is 0. The van der Waals surface area contributed by atoms with Crippen LogP contribution in [-0.4, -0.2) is 23.9 Å². The fourth-order valence-corrected chi connectivity index (χ4v) is 1.15. The van der Waals surface area contributed by atoms with Crippen molar-refractivity contribution in [2.45, 2.75) is 41.0 Å². The summed E-state index contributed by atoms with van der Waals surface area (Å²) in [6.07, 6.45) is 1.04. The Bertz CT molecular complexity index is 146. The van der Waals surface area contributed by atoms with Crippen LogP contribution in [0, 0.1) is 5.41 Å². The highest BCUT2D eigenvalue weighted by Crippen LogP contribution is 2.17. The molecule has 0 spiro atoms. The van der Waals surface area contributed by atoms with E-state index in [4.69, 9.17) is 0 Å². The van der Waals surface area contributed by atoms with E-state index in [0.29, 0.717) is 0 Å². The average molecular weight is 171 g/mol. The molecule has 12 heavy (non-hydrogen) atoms. The zero-order valence-corrected chi connectivity index (χ0v) is 8.98. The molecule has 0 heterocycles. The van der Waals surface area contributed by atoms with Crippen molar-refractivity contribution in [1.82, 2.24) is 4.90 Å². The summed E-state index contributed by atoms with van der Waals surface area (Å²) in [5, 5.41) is 0. The van der Waals surface area contributed by atoms with Gasteiger partial charge in [0.2, 0.25) is 5.91 Å². The quantitative estimate of drug-likeness (QED) is 0.638. The van der Waals surface area contributed by atoms with Gasteiger partial charge in [0, 0.05) is 18.5 Å². The van der Waals surface area contributed by atoms with E-state index in [2.05, 4.69) is 6.92 Å². The molecule has 2 nitrogen and oxygen atoms in total. The van der Waals surface area contributed by atoms with Gasteiger partial charge in [-0.3, -0.25) is 4.79 Å². The lowest BCUT2D eigenvalue weighted by molar-refractivity contribution is -0.139. The van der Waals surface area contributed by atoms with E-state index >= 15 is 0 Å². The van der Waals surface area contributed by atoms with E-state index in [1.54, 1.807) is 0 Å². The molecule has 0 N–H and O–H groups in total. The third kappa shape index (κ3) is 3.24. The van der Waals surface area contributed by atoms with Gasteiger partial charge in [-0.1, -0.05) is 27.7 Å². The van der Waals surface area contributed by atoms with E-state index in [1.165, 1.54) is 0 Å². The zero-order valence-electron chi connectivity index (χ0n) is 8.98. The summed E-state index contributed by atoms with van der Waals surface area (Å²) in [5.74, 6) is 0.256. The maximum absolute atomic E-state index is 11.7. The number of nitrogens with zero attached hydrogens (tertiary/aromatic N) is 1. The third-order valence-electron chi connectivity index (χ3n) is 1.80. The first-order valence-electron chi connectivity index (χ1n) is 4.72. The number of carbonyl (C=O) groups is 1. The van der Waals surface area contributed by atoms with E-state index in [9.17, 15) is 4.79 Å². The van der Waals surface area contributed by atoms with Crippen LogP contribution in [0.1, 0.15) is 41.0 Å². The summed E-state index contributed by atoms with van der Waals surface area (Å²) < 4.78 is 0. The van der Waals surface area contributed by atoms with Gasteiger partial charge in [-0.15, -0.1) is 0 Å². The molecule has 0 aromatic rings. The lowest BCUT2D eigenvalue weighted by Gasteiger charge is -2.28. The van der Waals surface area contributed by atoms with Crippen LogP contribution in [0.15, 0.2) is 0 Å². The molecule has 0 atom stereocenters. The second-order valence-corrected chi connectivity index (χ2v) is 4.13. The van der Waals surface area contributed by atoms with Crippen LogP contribution < -0.4 is 0 Å². The van der Waals surface area contributed by atoms with Gasteiger partial charge in [0.05, 0.1) is 0 Å². The fraction of sp³-hybridized carbons (Fsp3) is 0.900. The minimum absolute atomic E-state index is 0.231. The van der Waals surface area contributed by atoms with Gasteiger partial charge in [0.1, 0.15) is 0 Å². The third-order valence-corrected chi connectivity index (χ3v) is 1.80. The van der Waals surface area contributed by atoms with Crippen LogP contribution >= 0.6 is 0 Å². The molecule has 2 heteroatoms. The molecule has 0 fully saturated rings. The van der Waals surface area contributed by atoms with Gasteiger partial charge in [-0.05, 0) is 13.3 Å². The second kappa shape index (κ2) is 4.48. The summed E-state index contributed by atoms with van der Waals surface area (Å²) >= 11 is 0. The fourth-order valence-electron chi connectivity index (χ4n) is 1.15. The summed E-state index contributed by atoms with van der Waals surface area (Å²) in [7, 11) is 0. The first-order valence-corrected chi connectivity index (χ1v) is 4.72.